The first-order chi connectivity index (χ1) is 8.72. The first-order valence-electron chi connectivity index (χ1n) is 6.77. The topological polar surface area (TPSA) is 3.24 Å². The average molecular weight is 286 g/mol. The molecular formula is C15H21Cl2N. The van der Waals surface area contributed by atoms with Crippen LogP contribution in [0.1, 0.15) is 37.7 Å². The fourth-order valence-corrected chi connectivity index (χ4v) is 3.50. The van der Waals surface area contributed by atoms with Gasteiger partial charge in [-0.05, 0) is 30.4 Å². The summed E-state index contributed by atoms with van der Waals surface area (Å²) < 4.78 is 0. The molecule has 0 heterocycles. The third kappa shape index (κ3) is 3.33. The number of alkyl halides is 1. The molecule has 0 spiro atoms. The van der Waals surface area contributed by atoms with E-state index in [1.54, 1.807) is 0 Å². The van der Waals surface area contributed by atoms with E-state index < -0.39 is 0 Å². The van der Waals surface area contributed by atoms with Crippen molar-refractivity contribution in [3.8, 4) is 0 Å². The van der Waals surface area contributed by atoms with E-state index in [4.69, 9.17) is 23.2 Å². The number of anilines is 1. The molecule has 3 heteroatoms. The molecule has 1 fully saturated rings. The zero-order valence-corrected chi connectivity index (χ0v) is 12.5. The SMILES string of the molecule is CN(CC1CCCCC1)c1c(Cl)cccc1CCl. The lowest BCUT2D eigenvalue weighted by molar-refractivity contribution is 0.362. The standard InChI is InChI=1S/C15H21Cl2N/c1-18(11-12-6-3-2-4-7-12)15-13(10-16)8-5-9-14(15)17/h5,8-9,12H,2-4,6-7,10-11H2,1H3. The highest BCUT2D eigenvalue weighted by atomic mass is 35.5. The Hall–Kier alpha value is -0.400. The number of halogens is 2. The average Bonchev–Trinajstić information content (AvgIpc) is 2.39. The molecule has 1 saturated carbocycles. The second-order valence-corrected chi connectivity index (χ2v) is 5.94. The van der Waals surface area contributed by atoms with E-state index >= 15 is 0 Å². The van der Waals surface area contributed by atoms with Gasteiger partial charge in [-0.3, -0.25) is 0 Å². The summed E-state index contributed by atoms with van der Waals surface area (Å²) in [4.78, 5) is 2.29. The van der Waals surface area contributed by atoms with Gasteiger partial charge in [0.05, 0.1) is 10.7 Å². The number of hydrogen-bond donors (Lipinski definition) is 0. The summed E-state index contributed by atoms with van der Waals surface area (Å²) in [6, 6.07) is 5.98. The molecule has 0 N–H and O–H groups in total. The molecule has 1 aromatic carbocycles. The highest BCUT2D eigenvalue weighted by Gasteiger charge is 2.18. The van der Waals surface area contributed by atoms with E-state index in [0.717, 1.165) is 28.7 Å². The molecule has 100 valence electrons. The minimum absolute atomic E-state index is 0.519. The minimum atomic E-state index is 0.519. The van der Waals surface area contributed by atoms with Gasteiger partial charge in [0.1, 0.15) is 0 Å². The largest absolute Gasteiger partial charge is 0.373 e. The first-order valence-corrected chi connectivity index (χ1v) is 7.68. The Morgan fingerprint density at radius 3 is 2.61 bits per heavy atom. The lowest BCUT2D eigenvalue weighted by Crippen LogP contribution is -2.27. The van der Waals surface area contributed by atoms with Gasteiger partial charge in [-0.15, -0.1) is 11.6 Å². The van der Waals surface area contributed by atoms with E-state index in [1.807, 2.05) is 12.1 Å². The van der Waals surface area contributed by atoms with Crippen LogP contribution < -0.4 is 4.90 Å². The fraction of sp³-hybridized carbons (Fsp3) is 0.600. The van der Waals surface area contributed by atoms with E-state index in [-0.39, 0.29) is 0 Å². The van der Waals surface area contributed by atoms with Crippen LogP contribution in [0.25, 0.3) is 0 Å². The van der Waals surface area contributed by atoms with Crippen LogP contribution in [0.2, 0.25) is 5.02 Å². The van der Waals surface area contributed by atoms with E-state index in [1.165, 1.54) is 32.1 Å². The summed E-state index contributed by atoms with van der Waals surface area (Å²) >= 11 is 12.3. The summed E-state index contributed by atoms with van der Waals surface area (Å²) in [5.74, 6) is 1.33. The van der Waals surface area contributed by atoms with Gasteiger partial charge in [0.2, 0.25) is 0 Å². The molecule has 0 radical (unpaired) electrons. The maximum Gasteiger partial charge on any atom is 0.0642 e. The summed E-state index contributed by atoms with van der Waals surface area (Å²) in [7, 11) is 2.13. The molecule has 0 amide bonds. The summed E-state index contributed by atoms with van der Waals surface area (Å²) in [5, 5.41) is 0.812. The predicted octanol–water partition coefficient (Wildman–Crippen LogP) is 5.10. The van der Waals surface area contributed by atoms with Gasteiger partial charge in [-0.25, -0.2) is 0 Å². The van der Waals surface area contributed by atoms with E-state index in [0.29, 0.717) is 5.88 Å². The van der Waals surface area contributed by atoms with Crippen LogP contribution >= 0.6 is 23.2 Å². The van der Waals surface area contributed by atoms with Crippen molar-refractivity contribution >= 4 is 28.9 Å². The number of nitrogens with zero attached hydrogens (tertiary/aromatic N) is 1. The summed E-state index contributed by atoms with van der Waals surface area (Å²) in [6.45, 7) is 1.09. The molecule has 18 heavy (non-hydrogen) atoms. The number of hydrogen-bond acceptors (Lipinski definition) is 1. The Bertz CT molecular complexity index is 386. The molecule has 2 rings (SSSR count). The molecule has 0 atom stereocenters. The zero-order chi connectivity index (χ0) is 13.0. The Morgan fingerprint density at radius 1 is 1.22 bits per heavy atom. The van der Waals surface area contributed by atoms with Crippen LogP contribution in [0.5, 0.6) is 0 Å². The molecule has 1 aliphatic carbocycles. The van der Waals surface area contributed by atoms with Crippen molar-refractivity contribution < 1.29 is 0 Å². The van der Waals surface area contributed by atoms with Crippen LogP contribution in [0, 0.1) is 5.92 Å². The van der Waals surface area contributed by atoms with E-state index in [9.17, 15) is 0 Å². The summed E-state index contributed by atoms with van der Waals surface area (Å²) in [5.41, 5.74) is 2.24. The van der Waals surface area contributed by atoms with Gasteiger partial charge < -0.3 is 4.90 Å². The van der Waals surface area contributed by atoms with Crippen LogP contribution in [0.15, 0.2) is 18.2 Å². The van der Waals surface area contributed by atoms with Gasteiger partial charge in [-0.1, -0.05) is 43.0 Å². The maximum absolute atomic E-state index is 6.32. The zero-order valence-electron chi connectivity index (χ0n) is 11.0. The molecular weight excluding hydrogens is 265 g/mol. The highest BCUT2D eigenvalue weighted by Crippen LogP contribution is 2.32. The quantitative estimate of drug-likeness (QED) is 0.696. The number of para-hydroxylation sites is 1. The van der Waals surface area contributed by atoms with Gasteiger partial charge in [0.15, 0.2) is 0 Å². The third-order valence-corrected chi connectivity index (χ3v) is 4.45. The lowest BCUT2D eigenvalue weighted by Gasteiger charge is -2.30. The van der Waals surface area contributed by atoms with Crippen molar-refractivity contribution in [2.24, 2.45) is 5.92 Å². The highest BCUT2D eigenvalue weighted by molar-refractivity contribution is 6.33. The number of rotatable bonds is 4. The molecule has 0 aliphatic heterocycles. The third-order valence-electron chi connectivity index (χ3n) is 3.85. The van der Waals surface area contributed by atoms with Gasteiger partial charge in [0.25, 0.3) is 0 Å². The second-order valence-electron chi connectivity index (χ2n) is 5.27. The molecule has 1 nitrogen and oxygen atoms in total. The van der Waals surface area contributed by atoms with Crippen molar-refractivity contribution in [2.75, 3.05) is 18.5 Å². The van der Waals surface area contributed by atoms with Crippen LogP contribution in [-0.4, -0.2) is 13.6 Å². The van der Waals surface area contributed by atoms with Gasteiger partial charge in [0, 0.05) is 19.5 Å². The molecule has 0 bridgehead atoms. The van der Waals surface area contributed by atoms with Crippen molar-refractivity contribution in [2.45, 2.75) is 38.0 Å². The Balaban J connectivity index is 2.09. The lowest BCUT2D eigenvalue weighted by atomic mass is 9.89. The van der Waals surface area contributed by atoms with Crippen LogP contribution in [-0.2, 0) is 5.88 Å². The van der Waals surface area contributed by atoms with Crippen LogP contribution in [0.3, 0.4) is 0 Å². The monoisotopic (exact) mass is 285 g/mol. The predicted molar refractivity (Wildman–Crippen MR) is 80.9 cm³/mol. The van der Waals surface area contributed by atoms with Gasteiger partial charge in [-0.2, -0.15) is 0 Å². The Morgan fingerprint density at radius 2 is 1.94 bits per heavy atom. The van der Waals surface area contributed by atoms with E-state index in [2.05, 4.69) is 18.0 Å². The van der Waals surface area contributed by atoms with Crippen molar-refractivity contribution in [1.82, 2.24) is 0 Å². The number of benzene rings is 1. The maximum atomic E-state index is 6.32. The molecule has 0 unspecified atom stereocenters. The molecule has 1 aromatic rings. The molecule has 0 saturated heterocycles. The summed E-state index contributed by atoms with van der Waals surface area (Å²) in [6.07, 6.45) is 6.86. The molecule has 0 aromatic heterocycles. The smallest absolute Gasteiger partial charge is 0.0642 e. The van der Waals surface area contributed by atoms with Crippen molar-refractivity contribution in [1.29, 1.82) is 0 Å². The van der Waals surface area contributed by atoms with Crippen LogP contribution in [0.4, 0.5) is 5.69 Å². The normalized spacial score (nSPS) is 16.8. The minimum Gasteiger partial charge on any atom is -0.373 e. The first kappa shape index (κ1) is 14.0. The second kappa shape index (κ2) is 6.68. The van der Waals surface area contributed by atoms with Crippen molar-refractivity contribution in [3.05, 3.63) is 28.8 Å². The fourth-order valence-electron chi connectivity index (χ4n) is 2.94. The van der Waals surface area contributed by atoms with Crippen molar-refractivity contribution in [3.63, 3.8) is 0 Å². The molecule has 1 aliphatic rings. The van der Waals surface area contributed by atoms with Gasteiger partial charge >= 0.3 is 0 Å². The Labute approximate surface area is 120 Å². The Kier molecular flexibility index (Phi) is 5.20.